The molecule has 1 atom stereocenters. The van der Waals surface area contributed by atoms with E-state index in [2.05, 4.69) is 14.9 Å². The number of carbonyl (C=O) groups excluding carboxylic acids is 1. The predicted octanol–water partition coefficient (Wildman–Crippen LogP) is 0.226. The zero-order valence-corrected chi connectivity index (χ0v) is 6.07. The molecule has 0 aliphatic rings. The van der Waals surface area contributed by atoms with E-state index in [0.29, 0.717) is 17.9 Å². The first-order valence-corrected chi connectivity index (χ1v) is 3.14. The second-order valence-corrected chi connectivity index (χ2v) is 2.10. The lowest BCUT2D eigenvalue weighted by Gasteiger charge is -2.05. The molecule has 11 heavy (non-hydrogen) atoms. The molecule has 1 rings (SSSR count). The molecular weight excluding hydrogens is 146 g/mol. The van der Waals surface area contributed by atoms with Gasteiger partial charge in [-0.3, -0.25) is 9.89 Å². The molecule has 1 heterocycles. The van der Waals surface area contributed by atoms with Gasteiger partial charge in [-0.2, -0.15) is 5.10 Å². The number of hydrogen-bond donors (Lipinski definition) is 2. The number of H-pyrrole nitrogens is 1. The fraction of sp³-hybridized carbons (Fsp3) is 0.333. The number of rotatable bonds is 3. The van der Waals surface area contributed by atoms with Crippen molar-refractivity contribution in [3.05, 3.63) is 11.9 Å². The third-order valence-electron chi connectivity index (χ3n) is 1.35. The summed E-state index contributed by atoms with van der Waals surface area (Å²) in [4.78, 5) is 9.92. The van der Waals surface area contributed by atoms with Crippen LogP contribution in [0, 0.1) is 0 Å². The van der Waals surface area contributed by atoms with Gasteiger partial charge >= 0.3 is 0 Å². The monoisotopic (exact) mass is 155 g/mol. The smallest absolute Gasteiger partial charge is 0.293 e. The van der Waals surface area contributed by atoms with Gasteiger partial charge in [0.25, 0.3) is 6.47 Å². The van der Waals surface area contributed by atoms with Crippen LogP contribution in [-0.4, -0.2) is 16.7 Å². The SMILES string of the molecule is CC(OC=O)c1n[nH]cc1N. The van der Waals surface area contributed by atoms with Gasteiger partial charge in [0.15, 0.2) is 0 Å². The highest BCUT2D eigenvalue weighted by Gasteiger charge is 2.11. The summed E-state index contributed by atoms with van der Waals surface area (Å²) < 4.78 is 4.62. The normalized spacial score (nSPS) is 12.5. The van der Waals surface area contributed by atoms with Gasteiger partial charge in [0.05, 0.1) is 5.69 Å². The maximum atomic E-state index is 9.92. The molecule has 5 nitrogen and oxygen atoms in total. The van der Waals surface area contributed by atoms with E-state index in [9.17, 15) is 4.79 Å². The summed E-state index contributed by atoms with van der Waals surface area (Å²) in [5.74, 6) is 0. The second kappa shape index (κ2) is 3.05. The van der Waals surface area contributed by atoms with Crippen molar-refractivity contribution in [3.63, 3.8) is 0 Å². The summed E-state index contributed by atoms with van der Waals surface area (Å²) >= 11 is 0. The van der Waals surface area contributed by atoms with Crippen LogP contribution in [0.1, 0.15) is 18.7 Å². The molecule has 0 saturated carbocycles. The van der Waals surface area contributed by atoms with Crippen LogP contribution in [0.2, 0.25) is 0 Å². The molecular formula is C6H9N3O2. The molecule has 0 fully saturated rings. The number of nitrogens with two attached hydrogens (primary N) is 1. The van der Waals surface area contributed by atoms with Crippen LogP contribution in [0.3, 0.4) is 0 Å². The van der Waals surface area contributed by atoms with Gasteiger partial charge in [0.1, 0.15) is 11.8 Å². The molecule has 5 heteroatoms. The number of hydrogen-bond acceptors (Lipinski definition) is 4. The maximum Gasteiger partial charge on any atom is 0.293 e. The first-order chi connectivity index (χ1) is 5.25. The van der Waals surface area contributed by atoms with Crippen molar-refractivity contribution in [2.75, 3.05) is 5.73 Å². The molecule has 0 aromatic carbocycles. The Morgan fingerprint density at radius 2 is 2.64 bits per heavy atom. The Hall–Kier alpha value is -1.52. The zero-order valence-electron chi connectivity index (χ0n) is 6.07. The summed E-state index contributed by atoms with van der Waals surface area (Å²) in [6.45, 7) is 2.07. The predicted molar refractivity (Wildman–Crippen MR) is 38.6 cm³/mol. The van der Waals surface area contributed by atoms with Gasteiger partial charge < -0.3 is 10.5 Å². The van der Waals surface area contributed by atoms with Gasteiger partial charge in [0.2, 0.25) is 0 Å². The first kappa shape index (κ1) is 7.59. The molecule has 0 bridgehead atoms. The lowest BCUT2D eigenvalue weighted by Crippen LogP contribution is -2.01. The number of aromatic nitrogens is 2. The van der Waals surface area contributed by atoms with Crippen molar-refractivity contribution in [3.8, 4) is 0 Å². The topological polar surface area (TPSA) is 81.0 Å². The van der Waals surface area contributed by atoms with Gasteiger partial charge in [-0.25, -0.2) is 0 Å². The summed E-state index contributed by atoms with van der Waals surface area (Å²) in [5, 5.41) is 6.37. The molecule has 0 saturated heterocycles. The highest BCUT2D eigenvalue weighted by molar-refractivity contribution is 5.44. The average Bonchev–Trinajstić information content (AvgIpc) is 2.36. The number of ether oxygens (including phenoxy) is 1. The largest absolute Gasteiger partial charge is 0.458 e. The number of nitrogens with zero attached hydrogens (tertiary/aromatic N) is 1. The lowest BCUT2D eigenvalue weighted by atomic mass is 10.2. The Labute approximate surface area is 63.5 Å². The number of nitrogen functional groups attached to an aromatic ring is 1. The van der Waals surface area contributed by atoms with E-state index >= 15 is 0 Å². The molecule has 1 unspecified atom stereocenters. The van der Waals surface area contributed by atoms with Crippen molar-refractivity contribution < 1.29 is 9.53 Å². The first-order valence-electron chi connectivity index (χ1n) is 3.14. The van der Waals surface area contributed by atoms with Crippen LogP contribution in [0.5, 0.6) is 0 Å². The van der Waals surface area contributed by atoms with Crippen LogP contribution < -0.4 is 5.73 Å². The van der Waals surface area contributed by atoms with Crippen molar-refractivity contribution in [1.29, 1.82) is 0 Å². The summed E-state index contributed by atoms with van der Waals surface area (Å²) in [5.41, 5.74) is 6.53. The summed E-state index contributed by atoms with van der Waals surface area (Å²) in [6, 6.07) is 0. The third-order valence-corrected chi connectivity index (χ3v) is 1.35. The Morgan fingerprint density at radius 1 is 1.91 bits per heavy atom. The second-order valence-electron chi connectivity index (χ2n) is 2.10. The molecule has 0 aliphatic heterocycles. The van der Waals surface area contributed by atoms with E-state index in [4.69, 9.17) is 5.73 Å². The van der Waals surface area contributed by atoms with Gasteiger partial charge in [-0.15, -0.1) is 0 Å². The van der Waals surface area contributed by atoms with Crippen LogP contribution in [0.4, 0.5) is 5.69 Å². The van der Waals surface area contributed by atoms with Crippen LogP contribution in [0.15, 0.2) is 6.20 Å². The summed E-state index contributed by atoms with van der Waals surface area (Å²) in [6.07, 6.45) is 1.15. The molecule has 1 aromatic heterocycles. The maximum absolute atomic E-state index is 9.92. The van der Waals surface area contributed by atoms with Crippen molar-refractivity contribution in [2.24, 2.45) is 0 Å². The Kier molecular flexibility index (Phi) is 2.10. The van der Waals surface area contributed by atoms with E-state index in [0.717, 1.165) is 0 Å². The Morgan fingerprint density at radius 3 is 3.09 bits per heavy atom. The number of carbonyl (C=O) groups is 1. The van der Waals surface area contributed by atoms with Crippen LogP contribution >= 0.6 is 0 Å². The highest BCUT2D eigenvalue weighted by atomic mass is 16.5. The quantitative estimate of drug-likeness (QED) is 0.612. The van der Waals surface area contributed by atoms with Crippen molar-refractivity contribution in [1.82, 2.24) is 10.2 Å². The van der Waals surface area contributed by atoms with Crippen molar-refractivity contribution in [2.45, 2.75) is 13.0 Å². The molecule has 0 spiro atoms. The molecule has 1 aromatic rings. The van der Waals surface area contributed by atoms with E-state index in [1.807, 2.05) is 0 Å². The Balaban J connectivity index is 2.74. The molecule has 0 amide bonds. The fourth-order valence-corrected chi connectivity index (χ4v) is 0.783. The third kappa shape index (κ3) is 1.49. The lowest BCUT2D eigenvalue weighted by molar-refractivity contribution is -0.133. The average molecular weight is 155 g/mol. The Bertz CT molecular complexity index is 246. The number of aromatic amines is 1. The number of nitrogens with one attached hydrogen (secondary N) is 1. The van der Waals surface area contributed by atoms with Crippen LogP contribution in [-0.2, 0) is 9.53 Å². The molecule has 0 aliphatic carbocycles. The van der Waals surface area contributed by atoms with Gasteiger partial charge in [-0.1, -0.05) is 0 Å². The minimum Gasteiger partial charge on any atom is -0.458 e. The van der Waals surface area contributed by atoms with E-state index < -0.39 is 6.10 Å². The van der Waals surface area contributed by atoms with Gasteiger partial charge in [0, 0.05) is 6.20 Å². The standard InChI is InChI=1S/C6H9N3O2/c1-4(11-3-10)6-5(7)2-8-9-6/h2-4H,7H2,1H3,(H,8,9). The highest BCUT2D eigenvalue weighted by Crippen LogP contribution is 2.18. The van der Waals surface area contributed by atoms with Crippen LogP contribution in [0.25, 0.3) is 0 Å². The molecule has 3 N–H and O–H groups in total. The summed E-state index contributed by atoms with van der Waals surface area (Å²) in [7, 11) is 0. The number of anilines is 1. The van der Waals surface area contributed by atoms with Crippen molar-refractivity contribution >= 4 is 12.2 Å². The fourth-order valence-electron chi connectivity index (χ4n) is 0.783. The zero-order chi connectivity index (χ0) is 8.27. The molecule has 0 radical (unpaired) electrons. The van der Waals surface area contributed by atoms with E-state index in [-0.39, 0.29) is 0 Å². The van der Waals surface area contributed by atoms with E-state index in [1.54, 1.807) is 13.1 Å². The minimum atomic E-state index is -0.390. The molecule has 60 valence electrons. The van der Waals surface area contributed by atoms with Gasteiger partial charge in [-0.05, 0) is 6.92 Å². The van der Waals surface area contributed by atoms with E-state index in [1.165, 1.54) is 0 Å². The minimum absolute atomic E-state index is 0.374.